The van der Waals surface area contributed by atoms with Crippen LogP contribution >= 0.6 is 0 Å². The zero-order valence-electron chi connectivity index (χ0n) is 11.6. The average molecular weight is 281 g/mol. The van der Waals surface area contributed by atoms with Crippen molar-refractivity contribution < 1.29 is 14.5 Å². The summed E-state index contributed by atoms with van der Waals surface area (Å²) < 4.78 is 4.90. The van der Waals surface area contributed by atoms with Crippen molar-refractivity contribution in [3.8, 4) is 5.75 Å². The molecular formula is C13H19N3O4. The van der Waals surface area contributed by atoms with Gasteiger partial charge in [-0.2, -0.15) is 0 Å². The molecule has 0 saturated heterocycles. The molecule has 1 unspecified atom stereocenters. The number of methoxy groups -OCH3 is 1. The highest BCUT2D eigenvalue weighted by molar-refractivity contribution is 5.92. The molecule has 0 saturated carbocycles. The third kappa shape index (κ3) is 4.20. The van der Waals surface area contributed by atoms with Crippen molar-refractivity contribution in [1.29, 1.82) is 0 Å². The Hall–Kier alpha value is -2.15. The molecule has 7 heteroatoms. The summed E-state index contributed by atoms with van der Waals surface area (Å²) in [4.78, 5) is 22.2. The number of carbonyl (C=O) groups excluding carboxylic acids is 1. The molecule has 1 aromatic carbocycles. The van der Waals surface area contributed by atoms with E-state index < -0.39 is 4.92 Å². The molecule has 110 valence electrons. The topological polar surface area (TPSA) is 107 Å². The van der Waals surface area contributed by atoms with Gasteiger partial charge in [-0.25, -0.2) is 0 Å². The Morgan fingerprint density at radius 3 is 2.80 bits per heavy atom. The van der Waals surface area contributed by atoms with Crippen LogP contribution in [-0.2, 0) is 4.79 Å². The molecule has 3 N–H and O–H groups in total. The van der Waals surface area contributed by atoms with Gasteiger partial charge in [0.2, 0.25) is 5.91 Å². The summed E-state index contributed by atoms with van der Waals surface area (Å²) >= 11 is 0. The molecule has 0 aliphatic carbocycles. The van der Waals surface area contributed by atoms with E-state index in [0.29, 0.717) is 18.7 Å². The Bertz CT molecular complexity index is 491. The summed E-state index contributed by atoms with van der Waals surface area (Å²) in [5, 5.41) is 13.6. The zero-order chi connectivity index (χ0) is 15.1. The van der Waals surface area contributed by atoms with Crippen LogP contribution in [0, 0.1) is 16.0 Å². The highest BCUT2D eigenvalue weighted by Gasteiger charge is 2.17. The van der Waals surface area contributed by atoms with Gasteiger partial charge in [0.1, 0.15) is 0 Å². The van der Waals surface area contributed by atoms with Crippen LogP contribution in [0.4, 0.5) is 11.4 Å². The van der Waals surface area contributed by atoms with Gasteiger partial charge in [-0.3, -0.25) is 14.9 Å². The molecule has 0 aliphatic heterocycles. The first-order valence-corrected chi connectivity index (χ1v) is 6.33. The quantitative estimate of drug-likeness (QED) is 0.586. The number of rotatable bonds is 7. The Balaban J connectivity index is 2.80. The molecule has 0 heterocycles. The van der Waals surface area contributed by atoms with Gasteiger partial charge in [-0.15, -0.1) is 0 Å². The summed E-state index contributed by atoms with van der Waals surface area (Å²) in [7, 11) is 1.36. The molecule has 0 aliphatic rings. The van der Waals surface area contributed by atoms with Gasteiger partial charge in [-0.05, 0) is 31.5 Å². The first kappa shape index (κ1) is 15.9. The third-order valence-corrected chi connectivity index (χ3v) is 2.93. The number of amides is 1. The predicted molar refractivity (Wildman–Crippen MR) is 75.7 cm³/mol. The summed E-state index contributed by atoms with van der Waals surface area (Å²) in [5.74, 6) is -0.221. The summed E-state index contributed by atoms with van der Waals surface area (Å²) in [6, 6.07) is 4.31. The summed E-state index contributed by atoms with van der Waals surface area (Å²) in [6.07, 6.45) is 1.44. The van der Waals surface area contributed by atoms with E-state index in [9.17, 15) is 14.9 Å². The number of anilines is 1. The molecule has 1 aromatic rings. The fourth-order valence-electron chi connectivity index (χ4n) is 1.73. The van der Waals surface area contributed by atoms with Crippen molar-refractivity contribution in [2.45, 2.75) is 19.8 Å². The SMILES string of the molecule is COc1ccc(NC(=O)C(C)CCCN)cc1[N+](=O)[O-]. The minimum absolute atomic E-state index is 0.157. The number of ether oxygens (including phenoxy) is 1. The van der Waals surface area contributed by atoms with E-state index in [1.54, 1.807) is 13.0 Å². The third-order valence-electron chi connectivity index (χ3n) is 2.93. The van der Waals surface area contributed by atoms with Gasteiger partial charge >= 0.3 is 5.69 Å². The van der Waals surface area contributed by atoms with Gasteiger partial charge in [0.05, 0.1) is 12.0 Å². The Labute approximate surface area is 117 Å². The lowest BCUT2D eigenvalue weighted by Crippen LogP contribution is -2.21. The van der Waals surface area contributed by atoms with E-state index >= 15 is 0 Å². The Morgan fingerprint density at radius 2 is 2.25 bits per heavy atom. The van der Waals surface area contributed by atoms with Crippen molar-refractivity contribution >= 4 is 17.3 Å². The largest absolute Gasteiger partial charge is 0.490 e. The fourth-order valence-corrected chi connectivity index (χ4v) is 1.73. The number of nitrogens with one attached hydrogen (secondary N) is 1. The highest BCUT2D eigenvalue weighted by atomic mass is 16.6. The lowest BCUT2D eigenvalue weighted by molar-refractivity contribution is -0.385. The van der Waals surface area contributed by atoms with Gasteiger partial charge < -0.3 is 15.8 Å². The second-order valence-corrected chi connectivity index (χ2v) is 4.46. The van der Waals surface area contributed by atoms with Crippen molar-refractivity contribution in [2.24, 2.45) is 11.7 Å². The standard InChI is InChI=1S/C13H19N3O4/c1-9(4-3-7-14)13(17)15-10-5-6-12(20-2)11(8-10)16(18)19/h5-6,8-9H,3-4,7,14H2,1-2H3,(H,15,17). The Kier molecular flexibility index (Phi) is 5.92. The number of carbonyl (C=O) groups is 1. The second-order valence-electron chi connectivity index (χ2n) is 4.46. The van der Waals surface area contributed by atoms with Crippen molar-refractivity contribution in [3.05, 3.63) is 28.3 Å². The first-order valence-electron chi connectivity index (χ1n) is 6.33. The van der Waals surface area contributed by atoms with E-state index in [0.717, 1.165) is 6.42 Å². The number of benzene rings is 1. The van der Waals surface area contributed by atoms with Gasteiger partial charge in [-0.1, -0.05) is 6.92 Å². The smallest absolute Gasteiger partial charge is 0.312 e. The van der Waals surface area contributed by atoms with Crippen molar-refractivity contribution in [1.82, 2.24) is 0 Å². The van der Waals surface area contributed by atoms with Gasteiger partial charge in [0.25, 0.3) is 0 Å². The molecule has 7 nitrogen and oxygen atoms in total. The number of hydrogen-bond acceptors (Lipinski definition) is 5. The van der Waals surface area contributed by atoms with Crippen LogP contribution in [0.2, 0.25) is 0 Å². The molecule has 0 fully saturated rings. The lowest BCUT2D eigenvalue weighted by Gasteiger charge is -2.12. The van der Waals surface area contributed by atoms with Crippen LogP contribution in [-0.4, -0.2) is 24.5 Å². The predicted octanol–water partition coefficient (Wildman–Crippen LogP) is 1.92. The van der Waals surface area contributed by atoms with Crippen LogP contribution in [0.25, 0.3) is 0 Å². The van der Waals surface area contributed by atoms with Crippen LogP contribution in [0.15, 0.2) is 18.2 Å². The molecular weight excluding hydrogens is 262 g/mol. The minimum Gasteiger partial charge on any atom is -0.490 e. The number of nitro benzene ring substituents is 1. The number of nitro groups is 1. The molecule has 1 rings (SSSR count). The van der Waals surface area contributed by atoms with E-state index in [-0.39, 0.29) is 23.3 Å². The number of hydrogen-bond donors (Lipinski definition) is 2. The van der Waals surface area contributed by atoms with E-state index in [2.05, 4.69) is 5.32 Å². The average Bonchev–Trinajstić information content (AvgIpc) is 2.44. The molecule has 20 heavy (non-hydrogen) atoms. The van der Waals surface area contributed by atoms with Gasteiger partial charge in [0, 0.05) is 17.7 Å². The monoisotopic (exact) mass is 281 g/mol. The van der Waals surface area contributed by atoms with Crippen molar-refractivity contribution in [2.75, 3.05) is 19.0 Å². The molecule has 1 amide bonds. The van der Waals surface area contributed by atoms with Gasteiger partial charge in [0.15, 0.2) is 5.75 Å². The van der Waals surface area contributed by atoms with E-state index in [1.165, 1.54) is 19.2 Å². The maximum atomic E-state index is 11.9. The van der Waals surface area contributed by atoms with Crippen LogP contribution in [0.1, 0.15) is 19.8 Å². The molecule has 0 radical (unpaired) electrons. The second kappa shape index (κ2) is 7.44. The highest BCUT2D eigenvalue weighted by Crippen LogP contribution is 2.29. The molecule has 0 spiro atoms. The van der Waals surface area contributed by atoms with E-state index in [4.69, 9.17) is 10.5 Å². The maximum Gasteiger partial charge on any atom is 0.312 e. The van der Waals surface area contributed by atoms with Crippen LogP contribution in [0.5, 0.6) is 5.75 Å². The summed E-state index contributed by atoms with van der Waals surface area (Å²) in [6.45, 7) is 2.33. The normalized spacial score (nSPS) is 11.8. The van der Waals surface area contributed by atoms with Crippen LogP contribution in [0.3, 0.4) is 0 Å². The molecule has 0 aromatic heterocycles. The summed E-state index contributed by atoms with van der Waals surface area (Å²) in [5.41, 5.74) is 5.59. The maximum absolute atomic E-state index is 11.9. The fraction of sp³-hybridized carbons (Fsp3) is 0.462. The van der Waals surface area contributed by atoms with Crippen molar-refractivity contribution in [3.63, 3.8) is 0 Å². The van der Waals surface area contributed by atoms with E-state index in [1.807, 2.05) is 0 Å². The first-order chi connectivity index (χ1) is 9.49. The zero-order valence-corrected chi connectivity index (χ0v) is 11.6. The number of nitrogens with zero attached hydrogens (tertiary/aromatic N) is 1. The molecule has 0 bridgehead atoms. The Morgan fingerprint density at radius 1 is 1.55 bits per heavy atom. The molecule has 1 atom stereocenters. The van der Waals surface area contributed by atoms with Crippen LogP contribution < -0.4 is 15.8 Å². The minimum atomic E-state index is -0.549. The number of nitrogens with two attached hydrogens (primary N) is 1. The lowest BCUT2D eigenvalue weighted by atomic mass is 10.0.